The van der Waals surface area contributed by atoms with Crippen LogP contribution in [0.4, 0.5) is 5.69 Å². The Bertz CT molecular complexity index is 698. The van der Waals surface area contributed by atoms with Gasteiger partial charge in [-0.2, -0.15) is 16.1 Å². The van der Waals surface area contributed by atoms with Crippen LogP contribution < -0.4 is 5.32 Å². The van der Waals surface area contributed by atoms with E-state index in [4.69, 9.17) is 0 Å². The molecule has 0 aliphatic carbocycles. The van der Waals surface area contributed by atoms with Gasteiger partial charge in [0.25, 0.3) is 0 Å². The summed E-state index contributed by atoms with van der Waals surface area (Å²) < 4.78 is 30.8. The monoisotopic (exact) mass is 386 g/mol. The van der Waals surface area contributed by atoms with E-state index in [-0.39, 0.29) is 28.9 Å². The van der Waals surface area contributed by atoms with Crippen molar-refractivity contribution in [2.45, 2.75) is 24.2 Å². The van der Waals surface area contributed by atoms with Gasteiger partial charge in [0.2, 0.25) is 15.9 Å². The van der Waals surface area contributed by atoms with Crippen molar-refractivity contribution in [2.75, 3.05) is 37.0 Å². The fraction of sp³-hybridized carbons (Fsp3) is 0.500. The van der Waals surface area contributed by atoms with Gasteiger partial charge in [0.1, 0.15) is 0 Å². The molecule has 0 bridgehead atoms. The minimum atomic E-state index is -3.44. The van der Waals surface area contributed by atoms with Crippen LogP contribution in [0.2, 0.25) is 0 Å². The molecule has 7 nitrogen and oxygen atoms in total. The van der Waals surface area contributed by atoms with Gasteiger partial charge in [0.15, 0.2) is 0 Å². The fourth-order valence-electron chi connectivity index (χ4n) is 2.41. The van der Waals surface area contributed by atoms with Crippen LogP contribution in [0, 0.1) is 0 Å². The Morgan fingerprint density at radius 2 is 1.84 bits per heavy atom. The van der Waals surface area contributed by atoms with Crippen LogP contribution in [0.25, 0.3) is 0 Å². The van der Waals surface area contributed by atoms with Crippen molar-refractivity contribution in [3.8, 4) is 0 Å². The second-order valence-corrected chi connectivity index (χ2v) is 8.61. The summed E-state index contributed by atoms with van der Waals surface area (Å²) >= 11 is 1.33. The maximum atomic E-state index is 12.4. The van der Waals surface area contributed by atoms with Crippen LogP contribution in [0.15, 0.2) is 29.2 Å². The van der Waals surface area contributed by atoms with Crippen molar-refractivity contribution in [1.82, 2.24) is 4.31 Å². The van der Waals surface area contributed by atoms with Crippen molar-refractivity contribution in [3.05, 3.63) is 24.3 Å². The van der Waals surface area contributed by atoms with Crippen molar-refractivity contribution in [1.29, 1.82) is 0 Å². The zero-order valence-electron chi connectivity index (χ0n) is 14.1. The zero-order chi connectivity index (χ0) is 18.3. The molecule has 0 radical (unpaired) electrons. The van der Waals surface area contributed by atoms with Gasteiger partial charge >= 0.3 is 5.97 Å². The second kappa shape index (κ2) is 9.21. The van der Waals surface area contributed by atoms with Gasteiger partial charge in [-0.25, -0.2) is 8.42 Å². The molecule has 9 heteroatoms. The number of thioether (sulfide) groups is 1. The van der Waals surface area contributed by atoms with Crippen molar-refractivity contribution in [3.63, 3.8) is 0 Å². The number of methoxy groups -OCH3 is 1. The number of esters is 1. The highest BCUT2D eigenvalue weighted by Gasteiger charge is 2.26. The number of nitrogens with one attached hydrogen (secondary N) is 1. The SMILES string of the molecule is COC(=O)CCSCC(=O)Nc1ccc(S(=O)(=O)N2CCCC2)cc1. The highest BCUT2D eigenvalue weighted by atomic mass is 32.2. The number of carbonyl (C=O) groups is 2. The maximum Gasteiger partial charge on any atom is 0.306 e. The summed E-state index contributed by atoms with van der Waals surface area (Å²) in [7, 11) is -2.11. The van der Waals surface area contributed by atoms with Gasteiger partial charge in [0.05, 0.1) is 24.2 Å². The molecular weight excluding hydrogens is 364 g/mol. The molecule has 1 aliphatic rings. The number of ether oxygens (including phenoxy) is 1. The topological polar surface area (TPSA) is 92.8 Å². The number of rotatable bonds is 8. The zero-order valence-corrected chi connectivity index (χ0v) is 15.7. The van der Waals surface area contributed by atoms with E-state index < -0.39 is 10.0 Å². The average molecular weight is 386 g/mol. The number of sulfonamides is 1. The van der Waals surface area contributed by atoms with E-state index >= 15 is 0 Å². The maximum absolute atomic E-state index is 12.4. The lowest BCUT2D eigenvalue weighted by atomic mass is 10.3. The molecule has 0 atom stereocenters. The predicted octanol–water partition coefficient (Wildman–Crippen LogP) is 1.71. The molecule has 1 heterocycles. The number of hydrogen-bond acceptors (Lipinski definition) is 6. The van der Waals surface area contributed by atoms with E-state index in [1.807, 2.05) is 0 Å². The van der Waals surface area contributed by atoms with E-state index in [9.17, 15) is 18.0 Å². The van der Waals surface area contributed by atoms with Crippen LogP contribution >= 0.6 is 11.8 Å². The van der Waals surface area contributed by atoms with Gasteiger partial charge in [0, 0.05) is 24.5 Å². The third-order valence-electron chi connectivity index (χ3n) is 3.75. The first-order chi connectivity index (χ1) is 11.9. The number of anilines is 1. The molecule has 1 aliphatic heterocycles. The minimum absolute atomic E-state index is 0.204. The molecule has 1 aromatic carbocycles. The molecule has 138 valence electrons. The smallest absolute Gasteiger partial charge is 0.306 e. The van der Waals surface area contributed by atoms with Crippen LogP contribution in [0.1, 0.15) is 19.3 Å². The number of carbonyl (C=O) groups excluding carboxylic acids is 2. The van der Waals surface area contributed by atoms with Crippen molar-refractivity contribution < 1.29 is 22.7 Å². The van der Waals surface area contributed by atoms with E-state index in [0.29, 0.717) is 24.5 Å². The lowest BCUT2D eigenvalue weighted by molar-refractivity contribution is -0.140. The number of amides is 1. The third kappa shape index (κ3) is 5.72. The van der Waals surface area contributed by atoms with Gasteiger partial charge in [-0.3, -0.25) is 9.59 Å². The molecule has 1 saturated heterocycles. The highest BCUT2D eigenvalue weighted by Crippen LogP contribution is 2.22. The van der Waals surface area contributed by atoms with Gasteiger partial charge in [-0.15, -0.1) is 0 Å². The summed E-state index contributed by atoms with van der Waals surface area (Å²) in [5.41, 5.74) is 0.541. The van der Waals surface area contributed by atoms with Crippen molar-refractivity contribution in [2.24, 2.45) is 0 Å². The molecule has 25 heavy (non-hydrogen) atoms. The summed E-state index contributed by atoms with van der Waals surface area (Å²) in [6.07, 6.45) is 2.04. The lowest BCUT2D eigenvalue weighted by Crippen LogP contribution is -2.27. The Balaban J connectivity index is 1.83. The molecule has 2 rings (SSSR count). The summed E-state index contributed by atoms with van der Waals surface area (Å²) in [6, 6.07) is 6.18. The molecule has 0 unspecified atom stereocenters. The summed E-state index contributed by atoms with van der Waals surface area (Å²) in [5, 5.41) is 2.71. The fourth-order valence-corrected chi connectivity index (χ4v) is 4.64. The van der Waals surface area contributed by atoms with Gasteiger partial charge in [-0.05, 0) is 37.1 Å². The third-order valence-corrected chi connectivity index (χ3v) is 6.62. The Labute approximate surface area is 152 Å². The van der Waals surface area contributed by atoms with Gasteiger partial charge < -0.3 is 10.1 Å². The van der Waals surface area contributed by atoms with Crippen LogP contribution in [-0.2, 0) is 24.3 Å². The van der Waals surface area contributed by atoms with Crippen molar-refractivity contribution >= 4 is 39.3 Å². The molecule has 1 N–H and O–H groups in total. The Hall–Kier alpha value is -1.58. The Morgan fingerprint density at radius 1 is 1.20 bits per heavy atom. The summed E-state index contributed by atoms with van der Waals surface area (Å²) in [5.74, 6) is 0.213. The summed E-state index contributed by atoms with van der Waals surface area (Å²) in [6.45, 7) is 1.12. The molecular formula is C16H22N2O5S2. The van der Waals surface area contributed by atoms with E-state index in [1.165, 1.54) is 35.3 Å². The lowest BCUT2D eigenvalue weighted by Gasteiger charge is -2.15. The Kier molecular flexibility index (Phi) is 7.27. The Morgan fingerprint density at radius 3 is 2.44 bits per heavy atom. The largest absolute Gasteiger partial charge is 0.469 e. The molecule has 1 amide bonds. The first kappa shape index (κ1) is 19.7. The van der Waals surface area contributed by atoms with E-state index in [1.54, 1.807) is 12.1 Å². The minimum Gasteiger partial charge on any atom is -0.469 e. The quantitative estimate of drug-likeness (QED) is 0.540. The molecule has 0 saturated carbocycles. The van der Waals surface area contributed by atoms with E-state index in [2.05, 4.69) is 10.1 Å². The molecule has 1 aromatic rings. The summed E-state index contributed by atoms with van der Waals surface area (Å²) in [4.78, 5) is 23.0. The molecule has 0 aromatic heterocycles. The number of benzene rings is 1. The van der Waals surface area contributed by atoms with E-state index in [0.717, 1.165) is 12.8 Å². The molecule has 1 fully saturated rings. The average Bonchev–Trinajstić information content (AvgIpc) is 3.14. The van der Waals surface area contributed by atoms with Gasteiger partial charge in [-0.1, -0.05) is 0 Å². The standard InChI is InChI=1S/C16H22N2O5S2/c1-23-16(20)8-11-24-12-15(19)17-13-4-6-14(7-5-13)25(21,22)18-9-2-3-10-18/h4-7H,2-3,8-12H2,1H3,(H,17,19). The predicted molar refractivity (Wildman–Crippen MR) is 97.0 cm³/mol. The first-order valence-corrected chi connectivity index (χ1v) is 10.6. The number of hydrogen-bond donors (Lipinski definition) is 1. The normalized spacial score (nSPS) is 15.1. The van der Waals surface area contributed by atoms with Crippen LogP contribution in [0.3, 0.4) is 0 Å². The first-order valence-electron chi connectivity index (χ1n) is 7.98. The van der Waals surface area contributed by atoms with Crippen LogP contribution in [0.5, 0.6) is 0 Å². The second-order valence-electron chi connectivity index (χ2n) is 5.56. The highest BCUT2D eigenvalue weighted by molar-refractivity contribution is 7.99. The van der Waals surface area contributed by atoms with Crippen LogP contribution in [-0.4, -0.2) is 56.3 Å². The molecule has 0 spiro atoms. The number of nitrogens with zero attached hydrogens (tertiary/aromatic N) is 1.